The molecule has 1 aliphatic carbocycles. The number of nitrogens with zero attached hydrogens (tertiary/aromatic N) is 6. The van der Waals surface area contributed by atoms with Crippen LogP contribution in [-0.2, 0) is 15.7 Å². The molecule has 15 heteroatoms. The van der Waals surface area contributed by atoms with E-state index >= 15 is 0 Å². The number of benzene rings is 1. The van der Waals surface area contributed by atoms with Crippen LogP contribution < -0.4 is 9.80 Å². The van der Waals surface area contributed by atoms with Crippen molar-refractivity contribution in [3.8, 4) is 22.8 Å². The summed E-state index contributed by atoms with van der Waals surface area (Å²) >= 11 is 0. The van der Waals surface area contributed by atoms with E-state index in [9.17, 15) is 26.7 Å². The minimum Gasteiger partial charge on any atom is -0.479 e. The van der Waals surface area contributed by atoms with Crippen molar-refractivity contribution in [3.63, 3.8) is 0 Å². The van der Waals surface area contributed by atoms with E-state index in [1.54, 1.807) is 18.1 Å². The molecule has 1 saturated heterocycles. The molecule has 6 rings (SSSR count). The number of ether oxygens (including phenoxy) is 1. The van der Waals surface area contributed by atoms with Gasteiger partial charge in [0.1, 0.15) is 22.8 Å². The van der Waals surface area contributed by atoms with Crippen molar-refractivity contribution in [2.75, 3.05) is 50.2 Å². The van der Waals surface area contributed by atoms with Gasteiger partial charge in [0.15, 0.2) is 11.5 Å². The third kappa shape index (κ3) is 6.07. The lowest BCUT2D eigenvalue weighted by Crippen LogP contribution is -2.46. The van der Waals surface area contributed by atoms with Gasteiger partial charge in [-0.3, -0.25) is 0 Å². The van der Waals surface area contributed by atoms with Crippen LogP contribution in [0.4, 0.5) is 33.5 Å². The largest absolute Gasteiger partial charge is 0.479 e. The average Bonchev–Trinajstić information content (AvgIpc) is 3.43. The van der Waals surface area contributed by atoms with Gasteiger partial charge in [0, 0.05) is 57.6 Å². The highest BCUT2D eigenvalue weighted by Crippen LogP contribution is 2.43. The Bertz CT molecular complexity index is 1750. The Hall–Kier alpha value is -4.40. The number of anilines is 2. The molecule has 0 spiro atoms. The van der Waals surface area contributed by atoms with Gasteiger partial charge in [-0.1, -0.05) is 6.42 Å². The fourth-order valence-corrected chi connectivity index (χ4v) is 6.27. The second-order valence-electron chi connectivity index (χ2n) is 12.2. The summed E-state index contributed by atoms with van der Waals surface area (Å²) in [6, 6.07) is 3.93. The van der Waals surface area contributed by atoms with Gasteiger partial charge in [0.25, 0.3) is 0 Å². The van der Waals surface area contributed by atoms with Crippen LogP contribution in [0.15, 0.2) is 36.7 Å². The molecule has 2 fully saturated rings. The summed E-state index contributed by atoms with van der Waals surface area (Å²) in [5.74, 6) is -1.77. The number of aromatic nitrogens is 5. The van der Waals surface area contributed by atoms with Crippen LogP contribution in [0.5, 0.6) is 0 Å². The summed E-state index contributed by atoms with van der Waals surface area (Å²) in [6.45, 7) is 1.46. The van der Waals surface area contributed by atoms with Crippen LogP contribution in [0.25, 0.3) is 33.9 Å². The summed E-state index contributed by atoms with van der Waals surface area (Å²) in [5, 5.41) is 9.16. The fourth-order valence-electron chi connectivity index (χ4n) is 6.27. The molecule has 2 aliphatic rings. The Morgan fingerprint density at radius 3 is 2.39 bits per heavy atom. The SMILES string of the molecule is COCC1(CN(C)c2cc(-c3cc(F)cc(C(F)(F)F)c3)nc3nc(-c4cnc(N5CCC(F)(C(=O)O)CC5)cn4)[nH]c23)CCC1. The molecule has 0 bridgehead atoms. The smallest absolute Gasteiger partial charge is 0.416 e. The number of hydrogen-bond acceptors (Lipinski definition) is 8. The fraction of sp³-hybridized carbons (Fsp3) is 0.452. The van der Waals surface area contributed by atoms with Crippen LogP contribution in [0, 0.1) is 11.2 Å². The maximum absolute atomic E-state index is 14.5. The Labute approximate surface area is 260 Å². The number of carboxylic acids is 1. The molecule has 1 aromatic carbocycles. The van der Waals surface area contributed by atoms with Crippen molar-refractivity contribution < 1.29 is 36.6 Å². The van der Waals surface area contributed by atoms with Gasteiger partial charge >= 0.3 is 12.1 Å². The topological polar surface area (TPSA) is 120 Å². The number of pyridine rings is 1. The van der Waals surface area contributed by atoms with E-state index in [-0.39, 0.29) is 48.3 Å². The molecule has 46 heavy (non-hydrogen) atoms. The number of rotatable bonds is 9. The molecule has 1 aliphatic heterocycles. The summed E-state index contributed by atoms with van der Waals surface area (Å²) in [5.41, 5.74) is -1.77. The molecule has 0 atom stereocenters. The van der Waals surface area contributed by atoms with Gasteiger partial charge in [-0.15, -0.1) is 0 Å². The number of H-pyrrole nitrogens is 1. The summed E-state index contributed by atoms with van der Waals surface area (Å²) in [7, 11) is 3.51. The molecule has 4 aromatic rings. The number of fused-ring (bicyclic) bond motifs is 1. The van der Waals surface area contributed by atoms with E-state index in [4.69, 9.17) is 9.84 Å². The molecule has 0 radical (unpaired) electrons. The van der Waals surface area contributed by atoms with Crippen molar-refractivity contribution in [3.05, 3.63) is 48.0 Å². The Balaban J connectivity index is 1.36. The molecule has 0 unspecified atom stereocenters. The molecule has 4 heterocycles. The zero-order chi connectivity index (χ0) is 32.9. The second kappa shape index (κ2) is 11.8. The monoisotopic (exact) mass is 645 g/mol. The number of carboxylic acid groups (broad SMARTS) is 1. The van der Waals surface area contributed by atoms with Crippen LogP contribution >= 0.6 is 0 Å². The number of halogens is 5. The number of piperidine rings is 1. The minimum absolute atomic E-state index is 0.0467. The standard InChI is InChI=1S/C31H32F5N7O3/c1-42(16-29(17-46-2)4-3-5-29)23-13-21(18-10-19(31(34,35)36)12-20(32)11-18)39-27-25(23)40-26(41-27)22-14-38-24(15-37-22)43-8-6-30(33,7-9-43)28(44)45/h10-15H,3-9,16-17H2,1-2H3,(H,44,45)(H,39,40,41). The van der Waals surface area contributed by atoms with E-state index in [1.165, 1.54) is 12.4 Å². The Morgan fingerprint density at radius 1 is 1.07 bits per heavy atom. The van der Waals surface area contributed by atoms with Crippen molar-refractivity contribution in [1.82, 2.24) is 24.9 Å². The summed E-state index contributed by atoms with van der Waals surface area (Å²) < 4.78 is 75.0. The summed E-state index contributed by atoms with van der Waals surface area (Å²) in [6.07, 6.45) is 0.824. The van der Waals surface area contributed by atoms with Gasteiger partial charge in [-0.2, -0.15) is 13.2 Å². The predicted molar refractivity (Wildman–Crippen MR) is 160 cm³/mol. The van der Waals surface area contributed by atoms with E-state index < -0.39 is 29.2 Å². The third-order valence-electron chi connectivity index (χ3n) is 8.95. The van der Waals surface area contributed by atoms with E-state index in [1.807, 2.05) is 11.9 Å². The van der Waals surface area contributed by atoms with Crippen LogP contribution in [0.2, 0.25) is 0 Å². The molecule has 1 saturated carbocycles. The van der Waals surface area contributed by atoms with Crippen molar-refractivity contribution in [2.45, 2.75) is 43.9 Å². The number of methoxy groups -OCH3 is 1. The highest BCUT2D eigenvalue weighted by atomic mass is 19.4. The zero-order valence-corrected chi connectivity index (χ0v) is 25.2. The average molecular weight is 646 g/mol. The first-order valence-electron chi connectivity index (χ1n) is 14.8. The number of hydrogen-bond donors (Lipinski definition) is 2. The highest BCUT2D eigenvalue weighted by Gasteiger charge is 2.42. The number of aromatic amines is 1. The lowest BCUT2D eigenvalue weighted by atomic mass is 9.69. The molecule has 244 valence electrons. The quantitative estimate of drug-likeness (QED) is 0.215. The van der Waals surface area contributed by atoms with Crippen molar-refractivity contribution in [2.24, 2.45) is 5.41 Å². The first kappa shape index (κ1) is 31.6. The van der Waals surface area contributed by atoms with Gasteiger partial charge in [-0.05, 0) is 37.1 Å². The van der Waals surface area contributed by atoms with Crippen molar-refractivity contribution in [1.29, 1.82) is 0 Å². The molecular weight excluding hydrogens is 613 g/mol. The minimum atomic E-state index is -4.75. The van der Waals surface area contributed by atoms with E-state index in [2.05, 4.69) is 24.9 Å². The maximum atomic E-state index is 14.5. The van der Waals surface area contributed by atoms with E-state index in [0.29, 0.717) is 47.8 Å². The van der Waals surface area contributed by atoms with E-state index in [0.717, 1.165) is 31.4 Å². The number of carbonyl (C=O) groups is 1. The zero-order valence-electron chi connectivity index (χ0n) is 25.2. The maximum Gasteiger partial charge on any atom is 0.416 e. The molecular formula is C31H32F5N7O3. The van der Waals surface area contributed by atoms with Crippen LogP contribution in [0.1, 0.15) is 37.7 Å². The second-order valence-corrected chi connectivity index (χ2v) is 12.2. The van der Waals surface area contributed by atoms with Gasteiger partial charge in [-0.25, -0.2) is 33.5 Å². The number of aliphatic carboxylic acids is 1. The number of nitrogens with one attached hydrogen (secondary N) is 1. The molecule has 2 N–H and O–H groups in total. The molecule has 3 aromatic heterocycles. The first-order chi connectivity index (χ1) is 21.8. The number of alkyl halides is 4. The predicted octanol–water partition coefficient (Wildman–Crippen LogP) is 5.89. The van der Waals surface area contributed by atoms with Gasteiger partial charge < -0.3 is 24.6 Å². The highest BCUT2D eigenvalue weighted by molar-refractivity contribution is 5.91. The van der Waals surface area contributed by atoms with Crippen LogP contribution in [0.3, 0.4) is 0 Å². The number of imidazole rings is 1. The summed E-state index contributed by atoms with van der Waals surface area (Å²) in [4.78, 5) is 36.2. The van der Waals surface area contributed by atoms with Gasteiger partial charge in [0.2, 0.25) is 5.67 Å². The Kier molecular flexibility index (Phi) is 8.07. The first-order valence-corrected chi connectivity index (χ1v) is 14.8. The van der Waals surface area contributed by atoms with Gasteiger partial charge in [0.05, 0.1) is 35.9 Å². The Morgan fingerprint density at radius 2 is 1.80 bits per heavy atom. The molecule has 10 nitrogen and oxygen atoms in total. The lowest BCUT2D eigenvalue weighted by Gasteiger charge is -2.44. The third-order valence-corrected chi connectivity index (χ3v) is 8.95. The van der Waals surface area contributed by atoms with Crippen molar-refractivity contribution >= 4 is 28.6 Å². The van der Waals surface area contributed by atoms with Crippen LogP contribution in [-0.4, -0.2) is 82.1 Å². The normalized spacial score (nSPS) is 17.6. The molecule has 0 amide bonds. The lowest BCUT2D eigenvalue weighted by molar-refractivity contribution is -0.152.